The Kier molecular flexibility index (Phi) is 8.14. The lowest BCUT2D eigenvalue weighted by atomic mass is 9.98. The molecule has 2 amide bonds. The smallest absolute Gasteiger partial charge is 0.407 e. The van der Waals surface area contributed by atoms with Crippen LogP contribution in [0.4, 0.5) is 4.79 Å². The topological polar surface area (TPSA) is 130 Å². The number of ether oxygens (including phenoxy) is 1. The molecule has 0 heterocycles. The zero-order valence-electron chi connectivity index (χ0n) is 19.1. The van der Waals surface area contributed by atoms with Gasteiger partial charge in [-0.2, -0.15) is 0 Å². The summed E-state index contributed by atoms with van der Waals surface area (Å²) in [5, 5.41) is 11.5. The number of aliphatic carboxylic acids is 1. The Bertz CT molecular complexity index is 1220. The summed E-state index contributed by atoms with van der Waals surface area (Å²) in [6.07, 6.45) is 5.05. The SMILES string of the molecule is C#CCN(CC(=O)O)C(=O)C(CCS(C)(=O)=O)NC(=O)OCC1c2ccccc2-c2ccccc21. The molecule has 0 fully saturated rings. The van der Waals surface area contributed by atoms with Crippen molar-refractivity contribution in [3.05, 3.63) is 59.7 Å². The van der Waals surface area contributed by atoms with Gasteiger partial charge in [-0.3, -0.25) is 9.59 Å². The number of rotatable bonds is 10. The zero-order chi connectivity index (χ0) is 25.6. The molecule has 2 aromatic carbocycles. The molecule has 0 saturated heterocycles. The van der Waals surface area contributed by atoms with Crippen LogP contribution in [-0.4, -0.2) is 74.1 Å². The number of amides is 2. The standard InChI is InChI=1S/C25H26N2O7S/c1-3-13-27(15-23(28)29)24(30)22(12-14-35(2,32)33)26-25(31)34-16-21-19-10-6-4-8-17(19)18-9-5-7-11-20(18)21/h1,4-11,21-22H,12-16H2,2H3,(H,26,31)(H,28,29). The van der Waals surface area contributed by atoms with E-state index in [9.17, 15) is 22.8 Å². The van der Waals surface area contributed by atoms with Gasteiger partial charge < -0.3 is 20.1 Å². The third-order valence-corrected chi connectivity index (χ3v) is 6.61. The van der Waals surface area contributed by atoms with E-state index < -0.39 is 46.1 Å². The third kappa shape index (κ3) is 6.61. The van der Waals surface area contributed by atoms with E-state index in [1.807, 2.05) is 48.5 Å². The number of benzene rings is 2. The molecule has 1 aliphatic rings. The average Bonchev–Trinajstić information content (AvgIpc) is 3.12. The number of carbonyl (C=O) groups excluding carboxylic acids is 2. The van der Waals surface area contributed by atoms with E-state index >= 15 is 0 Å². The Balaban J connectivity index is 1.73. The van der Waals surface area contributed by atoms with Crippen LogP contribution >= 0.6 is 0 Å². The largest absolute Gasteiger partial charge is 0.480 e. The summed E-state index contributed by atoms with van der Waals surface area (Å²) in [4.78, 5) is 37.6. The first-order valence-electron chi connectivity index (χ1n) is 10.8. The van der Waals surface area contributed by atoms with Gasteiger partial charge in [0, 0.05) is 12.2 Å². The van der Waals surface area contributed by atoms with Crippen LogP contribution in [0, 0.1) is 12.3 Å². The van der Waals surface area contributed by atoms with E-state index in [2.05, 4.69) is 11.2 Å². The van der Waals surface area contributed by atoms with Gasteiger partial charge in [0.1, 0.15) is 29.0 Å². The number of alkyl carbamates (subject to hydrolysis) is 1. The van der Waals surface area contributed by atoms with Crippen molar-refractivity contribution in [3.63, 3.8) is 0 Å². The zero-order valence-corrected chi connectivity index (χ0v) is 20.0. The highest BCUT2D eigenvalue weighted by Gasteiger charge is 2.31. The highest BCUT2D eigenvalue weighted by atomic mass is 32.2. The van der Waals surface area contributed by atoms with E-state index in [0.717, 1.165) is 33.4 Å². The molecule has 1 unspecified atom stereocenters. The summed E-state index contributed by atoms with van der Waals surface area (Å²) in [6, 6.07) is 14.3. The maximum Gasteiger partial charge on any atom is 0.407 e. The molecule has 10 heteroatoms. The molecule has 9 nitrogen and oxygen atoms in total. The quantitative estimate of drug-likeness (QED) is 0.478. The highest BCUT2D eigenvalue weighted by molar-refractivity contribution is 7.90. The number of terminal acetylenes is 1. The van der Waals surface area contributed by atoms with Gasteiger partial charge in [0.15, 0.2) is 0 Å². The molecule has 184 valence electrons. The summed E-state index contributed by atoms with van der Waals surface area (Å²) in [6.45, 7) is -1.01. The second-order valence-electron chi connectivity index (χ2n) is 8.23. The van der Waals surface area contributed by atoms with Crippen LogP contribution in [0.25, 0.3) is 11.1 Å². The van der Waals surface area contributed by atoms with E-state index in [-0.39, 0.29) is 25.5 Å². The fourth-order valence-electron chi connectivity index (χ4n) is 4.08. The number of carboxylic acid groups (broad SMARTS) is 1. The molecule has 35 heavy (non-hydrogen) atoms. The maximum absolute atomic E-state index is 12.9. The Morgan fingerprint density at radius 1 is 1.11 bits per heavy atom. The van der Waals surface area contributed by atoms with Crippen LogP contribution in [0.1, 0.15) is 23.5 Å². The number of carboxylic acids is 1. The summed E-state index contributed by atoms with van der Waals surface area (Å²) >= 11 is 0. The number of hydrogen-bond donors (Lipinski definition) is 2. The molecule has 0 bridgehead atoms. The Morgan fingerprint density at radius 3 is 2.20 bits per heavy atom. The van der Waals surface area contributed by atoms with Crippen LogP contribution in [0.5, 0.6) is 0 Å². The van der Waals surface area contributed by atoms with Crippen molar-refractivity contribution in [2.45, 2.75) is 18.4 Å². The minimum absolute atomic E-state index is 0.00393. The Labute approximate surface area is 204 Å². The molecule has 2 N–H and O–H groups in total. The van der Waals surface area contributed by atoms with E-state index in [1.165, 1.54) is 0 Å². The van der Waals surface area contributed by atoms with Gasteiger partial charge in [-0.05, 0) is 28.7 Å². The van der Waals surface area contributed by atoms with Crippen molar-refractivity contribution >= 4 is 27.8 Å². The van der Waals surface area contributed by atoms with Crippen molar-refractivity contribution in [2.75, 3.05) is 31.7 Å². The van der Waals surface area contributed by atoms with Crippen molar-refractivity contribution in [1.82, 2.24) is 10.2 Å². The van der Waals surface area contributed by atoms with Gasteiger partial charge in [0.05, 0.1) is 12.3 Å². The Hall–Kier alpha value is -3.84. The molecule has 3 rings (SSSR count). The predicted octanol–water partition coefficient (Wildman–Crippen LogP) is 1.87. The molecule has 2 aromatic rings. The lowest BCUT2D eigenvalue weighted by molar-refractivity contribution is -0.144. The van der Waals surface area contributed by atoms with E-state index in [1.54, 1.807) is 0 Å². The summed E-state index contributed by atoms with van der Waals surface area (Å²) < 4.78 is 28.8. The highest BCUT2D eigenvalue weighted by Crippen LogP contribution is 2.44. The first-order valence-corrected chi connectivity index (χ1v) is 12.9. The molecule has 0 saturated carbocycles. The van der Waals surface area contributed by atoms with Gasteiger partial charge in [-0.1, -0.05) is 54.5 Å². The van der Waals surface area contributed by atoms with Crippen LogP contribution < -0.4 is 5.32 Å². The fourth-order valence-corrected chi connectivity index (χ4v) is 4.74. The fraction of sp³-hybridized carbons (Fsp3) is 0.320. The monoisotopic (exact) mass is 498 g/mol. The number of fused-ring (bicyclic) bond motifs is 3. The number of carbonyl (C=O) groups is 3. The van der Waals surface area contributed by atoms with E-state index in [0.29, 0.717) is 0 Å². The molecule has 1 atom stereocenters. The van der Waals surface area contributed by atoms with E-state index in [4.69, 9.17) is 16.3 Å². The summed E-state index contributed by atoms with van der Waals surface area (Å²) in [5.74, 6) is -0.507. The average molecular weight is 499 g/mol. The van der Waals surface area contributed by atoms with Crippen molar-refractivity contribution in [3.8, 4) is 23.5 Å². The lowest BCUT2D eigenvalue weighted by Gasteiger charge is -2.25. The first-order chi connectivity index (χ1) is 16.6. The van der Waals surface area contributed by atoms with Crippen molar-refractivity contribution in [1.29, 1.82) is 0 Å². The molecular weight excluding hydrogens is 472 g/mol. The van der Waals surface area contributed by atoms with Crippen molar-refractivity contribution < 1.29 is 32.6 Å². The van der Waals surface area contributed by atoms with Gasteiger partial charge in [-0.15, -0.1) is 6.42 Å². The number of sulfone groups is 1. The molecular formula is C25H26N2O7S. The summed E-state index contributed by atoms with van der Waals surface area (Å²) in [7, 11) is -3.46. The lowest BCUT2D eigenvalue weighted by Crippen LogP contribution is -2.50. The second kappa shape index (κ2) is 11.1. The number of nitrogens with zero attached hydrogens (tertiary/aromatic N) is 1. The van der Waals surface area contributed by atoms with Gasteiger partial charge in [0.25, 0.3) is 0 Å². The van der Waals surface area contributed by atoms with Crippen LogP contribution in [0.2, 0.25) is 0 Å². The van der Waals surface area contributed by atoms with Crippen LogP contribution in [0.15, 0.2) is 48.5 Å². The van der Waals surface area contributed by atoms with Crippen LogP contribution in [-0.2, 0) is 24.2 Å². The molecule has 0 aromatic heterocycles. The van der Waals surface area contributed by atoms with Gasteiger partial charge in [0.2, 0.25) is 5.91 Å². The second-order valence-corrected chi connectivity index (χ2v) is 10.5. The normalized spacial score (nSPS) is 13.1. The predicted molar refractivity (Wildman–Crippen MR) is 129 cm³/mol. The molecule has 0 radical (unpaired) electrons. The minimum Gasteiger partial charge on any atom is -0.480 e. The van der Waals surface area contributed by atoms with Crippen LogP contribution in [0.3, 0.4) is 0 Å². The molecule has 0 spiro atoms. The molecule has 0 aliphatic heterocycles. The number of hydrogen-bond acceptors (Lipinski definition) is 6. The van der Waals surface area contributed by atoms with Gasteiger partial charge >= 0.3 is 12.1 Å². The summed E-state index contributed by atoms with van der Waals surface area (Å²) in [5.41, 5.74) is 4.12. The Morgan fingerprint density at radius 2 is 1.69 bits per heavy atom. The third-order valence-electron chi connectivity index (χ3n) is 5.63. The molecule has 1 aliphatic carbocycles. The van der Waals surface area contributed by atoms with Gasteiger partial charge in [-0.25, -0.2) is 13.2 Å². The maximum atomic E-state index is 12.9. The minimum atomic E-state index is -3.46. The van der Waals surface area contributed by atoms with Crippen molar-refractivity contribution in [2.24, 2.45) is 0 Å². The number of nitrogens with one attached hydrogen (secondary N) is 1. The first kappa shape index (κ1) is 25.8.